The zero-order valence-corrected chi connectivity index (χ0v) is 7.54. The predicted molar refractivity (Wildman–Crippen MR) is 44.5 cm³/mol. The molecule has 1 aliphatic rings. The maximum atomic E-state index is 11.0. The van der Waals surface area contributed by atoms with E-state index in [2.05, 4.69) is 20.7 Å². The van der Waals surface area contributed by atoms with Crippen LogP contribution in [0.15, 0.2) is 22.7 Å². The smallest absolute Gasteiger partial charge is 0.341 e. The van der Waals surface area contributed by atoms with E-state index in [1.807, 2.05) is 0 Å². The molecule has 0 bridgehead atoms. The molecule has 1 heterocycles. The van der Waals surface area contributed by atoms with Crippen molar-refractivity contribution in [1.29, 1.82) is 0 Å². The molecule has 0 spiro atoms. The van der Waals surface area contributed by atoms with Gasteiger partial charge in [-0.25, -0.2) is 4.79 Å². The van der Waals surface area contributed by atoms with Crippen LogP contribution in [-0.2, 0) is 4.74 Å². The molecular formula is C8H5BrO3. The Bertz CT molecular complexity index is 348. The van der Waals surface area contributed by atoms with Crippen LogP contribution in [0.25, 0.3) is 0 Å². The average Bonchev–Trinajstić information content (AvgIpc) is 2.28. The van der Waals surface area contributed by atoms with Crippen LogP contribution in [0.1, 0.15) is 22.2 Å². The van der Waals surface area contributed by atoms with Crippen molar-refractivity contribution in [2.24, 2.45) is 0 Å². The van der Waals surface area contributed by atoms with Crippen LogP contribution in [-0.4, -0.2) is 11.1 Å². The van der Waals surface area contributed by atoms with Crippen molar-refractivity contribution in [2.45, 2.75) is 6.29 Å². The van der Waals surface area contributed by atoms with E-state index in [1.165, 1.54) is 0 Å². The van der Waals surface area contributed by atoms with Crippen LogP contribution < -0.4 is 0 Å². The Morgan fingerprint density at radius 2 is 2.25 bits per heavy atom. The molecule has 0 unspecified atom stereocenters. The minimum atomic E-state index is -1.11. The number of cyclic esters (lactones) is 1. The van der Waals surface area contributed by atoms with E-state index in [0.717, 1.165) is 4.47 Å². The summed E-state index contributed by atoms with van der Waals surface area (Å²) < 4.78 is 5.40. The SMILES string of the molecule is O=C1O[C@H](O)c2cc(Br)ccc21. The summed E-state index contributed by atoms with van der Waals surface area (Å²) in [5.74, 6) is -0.468. The summed E-state index contributed by atoms with van der Waals surface area (Å²) in [5, 5.41) is 9.21. The van der Waals surface area contributed by atoms with Crippen LogP contribution >= 0.6 is 15.9 Å². The molecule has 3 nitrogen and oxygen atoms in total. The number of fused-ring (bicyclic) bond motifs is 1. The molecule has 2 rings (SSSR count). The Morgan fingerprint density at radius 1 is 1.50 bits per heavy atom. The van der Waals surface area contributed by atoms with E-state index in [0.29, 0.717) is 11.1 Å². The molecule has 0 saturated heterocycles. The summed E-state index contributed by atoms with van der Waals surface area (Å²) in [5.41, 5.74) is 0.958. The van der Waals surface area contributed by atoms with Crippen LogP contribution in [0.4, 0.5) is 0 Å². The second kappa shape index (κ2) is 2.57. The first kappa shape index (κ1) is 7.76. The molecular weight excluding hydrogens is 224 g/mol. The largest absolute Gasteiger partial charge is 0.428 e. The third-order valence-corrected chi connectivity index (χ3v) is 2.21. The lowest BCUT2D eigenvalue weighted by atomic mass is 10.1. The second-order valence-electron chi connectivity index (χ2n) is 2.49. The molecule has 0 radical (unpaired) electrons. The number of aliphatic hydroxyl groups excluding tert-OH is 1. The molecule has 0 amide bonds. The zero-order chi connectivity index (χ0) is 8.72. The van der Waals surface area contributed by atoms with Gasteiger partial charge < -0.3 is 9.84 Å². The Morgan fingerprint density at radius 3 is 3.00 bits per heavy atom. The summed E-state index contributed by atoms with van der Waals surface area (Å²) in [7, 11) is 0. The van der Waals surface area contributed by atoms with Gasteiger partial charge in [0, 0.05) is 10.0 Å². The third-order valence-electron chi connectivity index (χ3n) is 1.72. The van der Waals surface area contributed by atoms with Crippen molar-refractivity contribution in [2.75, 3.05) is 0 Å². The fraction of sp³-hybridized carbons (Fsp3) is 0.125. The van der Waals surface area contributed by atoms with Gasteiger partial charge in [0.05, 0.1) is 5.56 Å². The molecule has 0 aliphatic carbocycles. The van der Waals surface area contributed by atoms with Crippen LogP contribution in [0.5, 0.6) is 0 Å². The van der Waals surface area contributed by atoms with Gasteiger partial charge in [-0.2, -0.15) is 0 Å². The summed E-state index contributed by atoms with van der Waals surface area (Å²) in [4.78, 5) is 11.0. The van der Waals surface area contributed by atoms with Gasteiger partial charge in [-0.15, -0.1) is 0 Å². The number of esters is 1. The fourth-order valence-electron chi connectivity index (χ4n) is 1.15. The van der Waals surface area contributed by atoms with Gasteiger partial charge >= 0.3 is 5.97 Å². The molecule has 0 fully saturated rings. The quantitative estimate of drug-likeness (QED) is 0.687. The normalized spacial score (nSPS) is 20.5. The average molecular weight is 229 g/mol. The van der Waals surface area contributed by atoms with E-state index in [1.54, 1.807) is 18.2 Å². The highest BCUT2D eigenvalue weighted by Crippen LogP contribution is 2.30. The second-order valence-corrected chi connectivity index (χ2v) is 3.40. The number of hydrogen-bond donors (Lipinski definition) is 1. The lowest BCUT2D eigenvalue weighted by molar-refractivity contribution is -0.0547. The maximum absolute atomic E-state index is 11.0. The van der Waals surface area contributed by atoms with Crippen LogP contribution in [0.2, 0.25) is 0 Å². The Kier molecular flexibility index (Phi) is 1.66. The fourth-order valence-corrected chi connectivity index (χ4v) is 1.53. The van der Waals surface area contributed by atoms with Crippen molar-refractivity contribution in [3.8, 4) is 0 Å². The van der Waals surface area contributed by atoms with Gasteiger partial charge in [0.1, 0.15) is 0 Å². The maximum Gasteiger partial charge on any atom is 0.341 e. The highest BCUT2D eigenvalue weighted by atomic mass is 79.9. The van der Waals surface area contributed by atoms with Gasteiger partial charge in [-0.05, 0) is 18.2 Å². The minimum Gasteiger partial charge on any atom is -0.428 e. The first-order chi connectivity index (χ1) is 5.68. The number of hydrogen-bond acceptors (Lipinski definition) is 3. The standard InChI is InChI=1S/C8H5BrO3/c9-4-1-2-5-6(3-4)8(11)12-7(5)10/h1-3,8,11H/t8-/m0/s1. The lowest BCUT2D eigenvalue weighted by Crippen LogP contribution is -1.95. The molecule has 1 aromatic carbocycles. The van der Waals surface area contributed by atoms with E-state index in [9.17, 15) is 9.90 Å². The van der Waals surface area contributed by atoms with Gasteiger partial charge in [0.2, 0.25) is 6.29 Å². The van der Waals surface area contributed by atoms with Crippen molar-refractivity contribution in [3.05, 3.63) is 33.8 Å². The van der Waals surface area contributed by atoms with Gasteiger partial charge in [0.15, 0.2) is 0 Å². The Balaban J connectivity index is 2.60. The Hall–Kier alpha value is -0.870. The highest BCUT2D eigenvalue weighted by molar-refractivity contribution is 9.10. The summed E-state index contributed by atoms with van der Waals surface area (Å²) in [6.07, 6.45) is -1.11. The number of ether oxygens (including phenoxy) is 1. The highest BCUT2D eigenvalue weighted by Gasteiger charge is 2.28. The Labute approximate surface area is 77.1 Å². The number of rotatable bonds is 0. The molecule has 4 heteroatoms. The number of carbonyl (C=O) groups is 1. The number of carbonyl (C=O) groups excluding carboxylic acids is 1. The lowest BCUT2D eigenvalue weighted by Gasteiger charge is -2.00. The van der Waals surface area contributed by atoms with Gasteiger partial charge in [-0.1, -0.05) is 15.9 Å². The number of benzene rings is 1. The van der Waals surface area contributed by atoms with Crippen molar-refractivity contribution in [3.63, 3.8) is 0 Å². The summed E-state index contributed by atoms with van der Waals surface area (Å²) in [6, 6.07) is 5.03. The van der Waals surface area contributed by atoms with E-state index >= 15 is 0 Å². The van der Waals surface area contributed by atoms with Crippen molar-refractivity contribution >= 4 is 21.9 Å². The van der Waals surface area contributed by atoms with E-state index in [4.69, 9.17) is 0 Å². The van der Waals surface area contributed by atoms with Crippen molar-refractivity contribution < 1.29 is 14.6 Å². The zero-order valence-electron chi connectivity index (χ0n) is 5.95. The summed E-state index contributed by atoms with van der Waals surface area (Å²) >= 11 is 3.23. The molecule has 1 aromatic rings. The number of halogens is 1. The van der Waals surface area contributed by atoms with Crippen LogP contribution in [0, 0.1) is 0 Å². The third kappa shape index (κ3) is 1.04. The van der Waals surface area contributed by atoms with Gasteiger partial charge in [-0.3, -0.25) is 0 Å². The van der Waals surface area contributed by atoms with Gasteiger partial charge in [0.25, 0.3) is 0 Å². The monoisotopic (exact) mass is 228 g/mol. The molecule has 1 aliphatic heterocycles. The van der Waals surface area contributed by atoms with E-state index < -0.39 is 12.3 Å². The molecule has 0 aromatic heterocycles. The first-order valence-electron chi connectivity index (χ1n) is 3.37. The predicted octanol–water partition coefficient (Wildman–Crippen LogP) is 1.61. The van der Waals surface area contributed by atoms with Crippen molar-refractivity contribution in [1.82, 2.24) is 0 Å². The number of aliphatic hydroxyl groups is 1. The van der Waals surface area contributed by atoms with E-state index in [-0.39, 0.29) is 0 Å². The molecule has 0 saturated carbocycles. The topological polar surface area (TPSA) is 46.5 Å². The summed E-state index contributed by atoms with van der Waals surface area (Å²) in [6.45, 7) is 0. The first-order valence-corrected chi connectivity index (χ1v) is 4.16. The molecule has 62 valence electrons. The molecule has 12 heavy (non-hydrogen) atoms. The molecule has 1 atom stereocenters. The minimum absolute atomic E-state index is 0.436. The van der Waals surface area contributed by atoms with Crippen LogP contribution in [0.3, 0.4) is 0 Å². The molecule has 1 N–H and O–H groups in total.